The lowest BCUT2D eigenvalue weighted by molar-refractivity contribution is -0.116. The molecule has 1 amide bonds. The summed E-state index contributed by atoms with van der Waals surface area (Å²) in [7, 11) is -6.33. The largest absolute Gasteiger partial charge is 0.495 e. The molecule has 1 heterocycles. The van der Waals surface area contributed by atoms with Crippen molar-refractivity contribution in [3.8, 4) is 5.75 Å². The Hall–Kier alpha value is -1.65. The number of anilines is 1. The Kier molecular flexibility index (Phi) is 6.30. The number of methoxy groups -OCH3 is 1. The second kappa shape index (κ2) is 7.93. The standard InChI is InChI=1S/C16H24N2O6S2/c1-4-9-17(10-5-2)26(22,23)15-12-13(6-7-14(15)24-3)18-16(19)8-11-25(18,20)21/h6-7,12H,4-5,8-11H2,1-3H3. The van der Waals surface area contributed by atoms with Crippen LogP contribution < -0.4 is 9.04 Å². The van der Waals surface area contributed by atoms with Crippen molar-refractivity contribution >= 4 is 31.6 Å². The number of rotatable bonds is 8. The van der Waals surface area contributed by atoms with E-state index in [1.165, 1.54) is 29.6 Å². The lowest BCUT2D eigenvalue weighted by Gasteiger charge is -2.23. The maximum absolute atomic E-state index is 13.1. The number of hydrogen-bond acceptors (Lipinski definition) is 6. The topological polar surface area (TPSA) is 101 Å². The van der Waals surface area contributed by atoms with Crippen LogP contribution in [0.4, 0.5) is 5.69 Å². The van der Waals surface area contributed by atoms with Gasteiger partial charge in [-0.15, -0.1) is 0 Å². The van der Waals surface area contributed by atoms with Gasteiger partial charge in [-0.2, -0.15) is 4.31 Å². The van der Waals surface area contributed by atoms with Gasteiger partial charge in [-0.25, -0.2) is 21.1 Å². The molecule has 0 N–H and O–H groups in total. The van der Waals surface area contributed by atoms with Crippen LogP contribution in [0.2, 0.25) is 0 Å². The predicted molar refractivity (Wildman–Crippen MR) is 98.2 cm³/mol. The van der Waals surface area contributed by atoms with Gasteiger partial charge in [0.25, 0.3) is 0 Å². The zero-order valence-corrected chi connectivity index (χ0v) is 16.8. The van der Waals surface area contributed by atoms with Crippen molar-refractivity contribution in [3.05, 3.63) is 18.2 Å². The first-order valence-corrected chi connectivity index (χ1v) is 11.5. The van der Waals surface area contributed by atoms with Crippen LogP contribution in [0.15, 0.2) is 23.1 Å². The van der Waals surface area contributed by atoms with Crippen molar-refractivity contribution in [1.29, 1.82) is 0 Å². The van der Waals surface area contributed by atoms with Gasteiger partial charge >= 0.3 is 0 Å². The lowest BCUT2D eigenvalue weighted by Crippen LogP contribution is -2.33. The van der Waals surface area contributed by atoms with E-state index in [0.29, 0.717) is 30.2 Å². The number of sulfonamides is 2. The average Bonchev–Trinajstić information content (AvgIpc) is 2.87. The van der Waals surface area contributed by atoms with Gasteiger partial charge in [-0.3, -0.25) is 4.79 Å². The highest BCUT2D eigenvalue weighted by atomic mass is 32.2. The molecule has 0 radical (unpaired) electrons. The maximum Gasteiger partial charge on any atom is 0.246 e. The molecule has 26 heavy (non-hydrogen) atoms. The molecule has 0 aromatic heterocycles. The zero-order valence-electron chi connectivity index (χ0n) is 15.1. The van der Waals surface area contributed by atoms with E-state index >= 15 is 0 Å². The minimum atomic E-state index is -3.90. The second-order valence-corrected chi connectivity index (χ2v) is 9.81. The first kappa shape index (κ1) is 20.7. The SMILES string of the molecule is CCCN(CCC)S(=O)(=O)c1cc(N2C(=O)CCS2(=O)=O)ccc1OC. The molecule has 1 saturated heterocycles. The molecule has 0 unspecified atom stereocenters. The minimum Gasteiger partial charge on any atom is -0.495 e. The summed E-state index contributed by atoms with van der Waals surface area (Å²) >= 11 is 0. The van der Waals surface area contributed by atoms with Gasteiger partial charge in [-0.1, -0.05) is 13.8 Å². The molecule has 8 nitrogen and oxygen atoms in total. The highest BCUT2D eigenvalue weighted by Crippen LogP contribution is 2.34. The van der Waals surface area contributed by atoms with Crippen LogP contribution in [0.5, 0.6) is 5.75 Å². The number of amides is 1. The molecule has 1 aliphatic rings. The molecule has 0 aliphatic carbocycles. The van der Waals surface area contributed by atoms with Crippen LogP contribution in [0, 0.1) is 0 Å². The van der Waals surface area contributed by atoms with Crippen LogP contribution in [-0.4, -0.2) is 53.0 Å². The molecule has 0 atom stereocenters. The maximum atomic E-state index is 13.1. The highest BCUT2D eigenvalue weighted by Gasteiger charge is 2.37. The van der Waals surface area contributed by atoms with E-state index in [0.717, 1.165) is 0 Å². The quantitative estimate of drug-likeness (QED) is 0.652. The Balaban J connectivity index is 2.59. The third-order valence-electron chi connectivity index (χ3n) is 4.02. The summed E-state index contributed by atoms with van der Waals surface area (Å²) < 4.78 is 57.7. The Morgan fingerprint density at radius 3 is 2.27 bits per heavy atom. The summed E-state index contributed by atoms with van der Waals surface area (Å²) in [6.45, 7) is 4.43. The second-order valence-electron chi connectivity index (χ2n) is 5.96. The van der Waals surface area contributed by atoms with Gasteiger partial charge in [0.2, 0.25) is 26.0 Å². The third-order valence-corrected chi connectivity index (χ3v) is 7.63. The fourth-order valence-electron chi connectivity index (χ4n) is 2.85. The van der Waals surface area contributed by atoms with E-state index in [4.69, 9.17) is 4.74 Å². The number of ether oxygens (including phenoxy) is 1. The van der Waals surface area contributed by atoms with Crippen molar-refractivity contribution in [1.82, 2.24) is 4.31 Å². The number of nitrogens with zero attached hydrogens (tertiary/aromatic N) is 2. The van der Waals surface area contributed by atoms with Gasteiger partial charge in [0.15, 0.2) is 0 Å². The van der Waals surface area contributed by atoms with Gasteiger partial charge in [0.05, 0.1) is 18.6 Å². The molecule has 1 aromatic rings. The van der Waals surface area contributed by atoms with E-state index in [9.17, 15) is 21.6 Å². The Labute approximate surface area is 154 Å². The Morgan fingerprint density at radius 1 is 1.19 bits per heavy atom. The number of carbonyl (C=O) groups excluding carboxylic acids is 1. The Bertz CT molecular complexity index is 874. The van der Waals surface area contributed by atoms with Crippen LogP contribution in [0.3, 0.4) is 0 Å². The number of carbonyl (C=O) groups is 1. The molecule has 0 saturated carbocycles. The summed E-state index contributed by atoms with van der Waals surface area (Å²) in [4.78, 5) is 11.9. The van der Waals surface area contributed by atoms with E-state index < -0.39 is 26.0 Å². The molecule has 0 spiro atoms. The van der Waals surface area contributed by atoms with Crippen molar-refractivity contribution in [2.75, 3.05) is 30.3 Å². The van der Waals surface area contributed by atoms with Crippen molar-refractivity contribution in [2.45, 2.75) is 38.0 Å². The van der Waals surface area contributed by atoms with E-state index in [1.54, 1.807) is 0 Å². The van der Waals surface area contributed by atoms with Crippen LogP contribution >= 0.6 is 0 Å². The molecule has 0 bridgehead atoms. The third kappa shape index (κ3) is 3.86. The van der Waals surface area contributed by atoms with Gasteiger partial charge < -0.3 is 4.74 Å². The molecular weight excluding hydrogens is 380 g/mol. The van der Waals surface area contributed by atoms with E-state index in [2.05, 4.69) is 0 Å². The van der Waals surface area contributed by atoms with Crippen LogP contribution in [-0.2, 0) is 24.8 Å². The lowest BCUT2D eigenvalue weighted by atomic mass is 10.3. The van der Waals surface area contributed by atoms with Gasteiger partial charge in [0.1, 0.15) is 10.6 Å². The summed E-state index contributed by atoms with van der Waals surface area (Å²) in [6.07, 6.45) is 1.16. The molecule has 146 valence electrons. The van der Waals surface area contributed by atoms with Crippen molar-refractivity contribution < 1.29 is 26.4 Å². The Morgan fingerprint density at radius 2 is 1.81 bits per heavy atom. The van der Waals surface area contributed by atoms with E-state index in [1.807, 2.05) is 13.8 Å². The molecule has 1 aromatic carbocycles. The summed E-state index contributed by atoms with van der Waals surface area (Å²) in [5.74, 6) is -0.745. The summed E-state index contributed by atoms with van der Waals surface area (Å²) in [6, 6.07) is 3.95. The van der Waals surface area contributed by atoms with Crippen molar-refractivity contribution in [3.63, 3.8) is 0 Å². The van der Waals surface area contributed by atoms with Crippen molar-refractivity contribution in [2.24, 2.45) is 0 Å². The first-order chi connectivity index (χ1) is 12.2. The normalized spacial score (nSPS) is 17.1. The van der Waals surface area contributed by atoms with Gasteiger partial charge in [-0.05, 0) is 31.0 Å². The van der Waals surface area contributed by atoms with Crippen LogP contribution in [0.25, 0.3) is 0 Å². The van der Waals surface area contributed by atoms with Gasteiger partial charge in [0, 0.05) is 19.5 Å². The minimum absolute atomic E-state index is 0.0137. The predicted octanol–water partition coefficient (Wildman–Crippen LogP) is 1.57. The molecule has 1 fully saturated rings. The molecule has 10 heteroatoms. The average molecular weight is 405 g/mol. The van der Waals surface area contributed by atoms with Crippen LogP contribution in [0.1, 0.15) is 33.1 Å². The fraction of sp³-hybridized carbons (Fsp3) is 0.562. The molecular formula is C16H24N2O6S2. The molecule has 2 rings (SSSR count). The highest BCUT2D eigenvalue weighted by molar-refractivity contribution is 7.94. The monoisotopic (exact) mass is 404 g/mol. The fourth-order valence-corrected chi connectivity index (χ4v) is 6.10. The number of benzene rings is 1. The van der Waals surface area contributed by atoms with E-state index in [-0.39, 0.29) is 28.5 Å². The zero-order chi connectivity index (χ0) is 19.5. The first-order valence-electron chi connectivity index (χ1n) is 8.43. The summed E-state index contributed by atoms with van der Waals surface area (Å²) in [5, 5.41) is 0. The summed E-state index contributed by atoms with van der Waals surface area (Å²) in [5.41, 5.74) is 0.0137. The smallest absolute Gasteiger partial charge is 0.246 e. The number of hydrogen-bond donors (Lipinski definition) is 0. The molecule has 1 aliphatic heterocycles.